The van der Waals surface area contributed by atoms with Crippen molar-refractivity contribution >= 4 is 22.5 Å². The summed E-state index contributed by atoms with van der Waals surface area (Å²) in [5.41, 5.74) is 1.86. The average molecular weight is 448 g/mol. The number of H-pyrrole nitrogens is 1. The number of aromatic amines is 1. The summed E-state index contributed by atoms with van der Waals surface area (Å²) >= 11 is 0. The summed E-state index contributed by atoms with van der Waals surface area (Å²) < 4.78 is 18.5. The van der Waals surface area contributed by atoms with Crippen LogP contribution in [0, 0.1) is 0 Å². The molecule has 0 radical (unpaired) electrons. The number of ether oxygens (including phenoxy) is 3. The van der Waals surface area contributed by atoms with Crippen molar-refractivity contribution in [3.63, 3.8) is 0 Å². The molecule has 1 atom stereocenters. The molecule has 1 unspecified atom stereocenters. The minimum Gasteiger partial charge on any atom is -0.493 e. The van der Waals surface area contributed by atoms with Gasteiger partial charge in [-0.3, -0.25) is 9.59 Å². The maximum Gasteiger partial charge on any atom is 0.259 e. The van der Waals surface area contributed by atoms with E-state index < -0.39 is 0 Å². The maximum atomic E-state index is 12.9. The Bertz CT molecular complexity index is 1370. The third kappa shape index (κ3) is 4.14. The Morgan fingerprint density at radius 1 is 1.27 bits per heavy atom. The van der Waals surface area contributed by atoms with Crippen LogP contribution in [-0.2, 0) is 11.3 Å². The molecule has 4 aromatic rings. The molecule has 2 aromatic carbocycles. The van der Waals surface area contributed by atoms with Crippen molar-refractivity contribution in [3.8, 4) is 11.5 Å². The van der Waals surface area contributed by atoms with Gasteiger partial charge < -0.3 is 24.5 Å². The highest BCUT2D eigenvalue weighted by Crippen LogP contribution is 2.29. The summed E-state index contributed by atoms with van der Waals surface area (Å²) in [5.74, 6) is 0.885. The number of methoxy groups -OCH3 is 1. The summed E-state index contributed by atoms with van der Waals surface area (Å²) in [6.45, 7) is 1.53. The summed E-state index contributed by atoms with van der Waals surface area (Å²) in [7, 11) is 1.58. The molecule has 0 spiro atoms. The molecule has 2 N–H and O–H groups in total. The number of aromatic nitrogens is 3. The highest BCUT2D eigenvalue weighted by molar-refractivity contribution is 6.00. The lowest BCUT2D eigenvalue weighted by Gasteiger charge is -2.15. The van der Waals surface area contributed by atoms with Gasteiger partial charge in [-0.25, -0.2) is 4.52 Å². The number of carbonyl (C=O) groups excluding carboxylic acids is 1. The van der Waals surface area contributed by atoms with Gasteiger partial charge >= 0.3 is 0 Å². The van der Waals surface area contributed by atoms with E-state index in [4.69, 9.17) is 14.2 Å². The quantitative estimate of drug-likeness (QED) is 0.450. The monoisotopic (exact) mass is 448 g/mol. The van der Waals surface area contributed by atoms with Gasteiger partial charge in [0.25, 0.3) is 11.5 Å². The number of hydrogen-bond donors (Lipinski definition) is 2. The molecular formula is C24H24N4O5. The van der Waals surface area contributed by atoms with Gasteiger partial charge in [0.15, 0.2) is 11.5 Å². The third-order valence-corrected chi connectivity index (χ3v) is 5.75. The molecule has 3 heterocycles. The standard InChI is InChI=1S/C24H24N4O5/c1-31-21-11-15(8-9-20(21)33-14-16-5-4-10-32-16)12-25-23(29)18-13-26-28-19-7-3-2-6-17(19)24(30)27-22(18)28/h2-3,6-9,11,13,16H,4-5,10,12,14H2,1H3,(H,25,29)(H,27,30). The van der Waals surface area contributed by atoms with E-state index >= 15 is 0 Å². The third-order valence-electron chi connectivity index (χ3n) is 5.75. The lowest BCUT2D eigenvalue weighted by atomic mass is 10.2. The number of benzene rings is 2. The minimum absolute atomic E-state index is 0.114. The normalized spacial score (nSPS) is 15.7. The number of hydrogen-bond acceptors (Lipinski definition) is 6. The van der Waals surface area contributed by atoms with Crippen molar-refractivity contribution in [2.24, 2.45) is 0 Å². The SMILES string of the molecule is COc1cc(CNC(=O)c2cnn3c2[nH]c(=O)c2ccccc23)ccc1OCC1CCCO1. The molecule has 5 rings (SSSR count). The first-order chi connectivity index (χ1) is 16.1. The number of rotatable bonds is 7. The number of nitrogens with one attached hydrogen (secondary N) is 2. The molecule has 1 fully saturated rings. The fraction of sp³-hybridized carbons (Fsp3) is 0.292. The predicted octanol–water partition coefficient (Wildman–Crippen LogP) is 2.67. The summed E-state index contributed by atoms with van der Waals surface area (Å²) in [6.07, 6.45) is 3.62. The molecule has 1 aliphatic rings. The van der Waals surface area contributed by atoms with Crippen LogP contribution in [0.2, 0.25) is 0 Å². The van der Waals surface area contributed by atoms with Crippen molar-refractivity contribution in [3.05, 3.63) is 70.1 Å². The molecule has 1 amide bonds. The van der Waals surface area contributed by atoms with Gasteiger partial charge in [0.05, 0.1) is 30.3 Å². The van der Waals surface area contributed by atoms with Gasteiger partial charge in [0, 0.05) is 13.2 Å². The highest BCUT2D eigenvalue weighted by atomic mass is 16.5. The molecule has 9 nitrogen and oxygen atoms in total. The van der Waals surface area contributed by atoms with Crippen molar-refractivity contribution in [2.45, 2.75) is 25.5 Å². The van der Waals surface area contributed by atoms with Crippen LogP contribution in [0.1, 0.15) is 28.8 Å². The highest BCUT2D eigenvalue weighted by Gasteiger charge is 2.18. The van der Waals surface area contributed by atoms with Crippen molar-refractivity contribution in [2.75, 3.05) is 20.3 Å². The van der Waals surface area contributed by atoms with E-state index in [9.17, 15) is 9.59 Å². The minimum atomic E-state index is -0.339. The van der Waals surface area contributed by atoms with E-state index in [2.05, 4.69) is 15.4 Å². The van der Waals surface area contributed by atoms with E-state index in [1.807, 2.05) is 24.3 Å². The smallest absolute Gasteiger partial charge is 0.259 e. The molecule has 1 aliphatic heterocycles. The van der Waals surface area contributed by atoms with Gasteiger partial charge in [-0.15, -0.1) is 0 Å². The van der Waals surface area contributed by atoms with Crippen LogP contribution in [0.3, 0.4) is 0 Å². The number of fused-ring (bicyclic) bond motifs is 3. The van der Waals surface area contributed by atoms with Crippen molar-refractivity contribution in [1.82, 2.24) is 19.9 Å². The lowest BCUT2D eigenvalue weighted by molar-refractivity contribution is 0.0669. The number of nitrogens with zero attached hydrogens (tertiary/aromatic N) is 2. The molecule has 170 valence electrons. The van der Waals surface area contributed by atoms with Crippen LogP contribution in [0.4, 0.5) is 0 Å². The zero-order valence-electron chi connectivity index (χ0n) is 18.2. The van der Waals surface area contributed by atoms with Crippen LogP contribution in [-0.4, -0.2) is 46.9 Å². The van der Waals surface area contributed by atoms with Crippen molar-refractivity contribution < 1.29 is 19.0 Å². The van der Waals surface area contributed by atoms with Crippen LogP contribution < -0.4 is 20.3 Å². The molecular weight excluding hydrogens is 424 g/mol. The molecule has 0 bridgehead atoms. The first-order valence-electron chi connectivity index (χ1n) is 10.8. The van der Waals surface area contributed by atoms with E-state index in [0.29, 0.717) is 40.2 Å². The van der Waals surface area contributed by atoms with Gasteiger partial charge in [-0.2, -0.15) is 5.10 Å². The first-order valence-corrected chi connectivity index (χ1v) is 10.8. The zero-order valence-corrected chi connectivity index (χ0v) is 18.2. The Balaban J connectivity index is 1.30. The summed E-state index contributed by atoms with van der Waals surface area (Å²) in [5, 5.41) is 7.68. The fourth-order valence-electron chi connectivity index (χ4n) is 4.02. The van der Waals surface area contributed by atoms with Crippen molar-refractivity contribution in [1.29, 1.82) is 0 Å². The largest absolute Gasteiger partial charge is 0.493 e. The second-order valence-corrected chi connectivity index (χ2v) is 7.90. The Hall–Kier alpha value is -3.85. The average Bonchev–Trinajstić information content (AvgIpc) is 3.52. The molecule has 2 aromatic heterocycles. The molecule has 1 saturated heterocycles. The van der Waals surface area contributed by atoms with E-state index in [1.54, 1.807) is 29.8 Å². The second-order valence-electron chi connectivity index (χ2n) is 7.90. The van der Waals surface area contributed by atoms with Gasteiger partial charge in [-0.1, -0.05) is 18.2 Å². The van der Waals surface area contributed by atoms with Crippen LogP contribution in [0.5, 0.6) is 11.5 Å². The Kier molecular flexibility index (Phi) is 5.70. The number of para-hydroxylation sites is 1. The molecule has 0 aliphatic carbocycles. The van der Waals surface area contributed by atoms with E-state index in [0.717, 1.165) is 25.0 Å². The predicted molar refractivity (Wildman–Crippen MR) is 122 cm³/mol. The second kappa shape index (κ2) is 8.95. The molecule has 0 saturated carbocycles. The Labute approximate surface area is 189 Å². The van der Waals surface area contributed by atoms with E-state index in [-0.39, 0.29) is 24.1 Å². The molecule has 9 heteroatoms. The Morgan fingerprint density at radius 3 is 2.97 bits per heavy atom. The fourth-order valence-corrected chi connectivity index (χ4v) is 4.02. The number of amides is 1. The van der Waals surface area contributed by atoms with Gasteiger partial charge in [0.2, 0.25) is 0 Å². The van der Waals surface area contributed by atoms with Gasteiger partial charge in [-0.05, 0) is 42.7 Å². The van der Waals surface area contributed by atoms with E-state index in [1.165, 1.54) is 6.20 Å². The first kappa shape index (κ1) is 21.0. The summed E-state index contributed by atoms with van der Waals surface area (Å²) in [6, 6.07) is 12.7. The lowest BCUT2D eigenvalue weighted by Crippen LogP contribution is -2.23. The Morgan fingerprint density at radius 2 is 2.15 bits per heavy atom. The number of carbonyl (C=O) groups is 1. The van der Waals surface area contributed by atoms with Gasteiger partial charge in [0.1, 0.15) is 17.8 Å². The summed E-state index contributed by atoms with van der Waals surface area (Å²) in [4.78, 5) is 28.0. The zero-order chi connectivity index (χ0) is 22.8. The van der Waals surface area contributed by atoms with Crippen LogP contribution >= 0.6 is 0 Å². The molecule has 33 heavy (non-hydrogen) atoms. The maximum absolute atomic E-state index is 12.9. The van der Waals surface area contributed by atoms with Crippen LogP contribution in [0.15, 0.2) is 53.5 Å². The van der Waals surface area contributed by atoms with Crippen LogP contribution in [0.25, 0.3) is 16.6 Å². The topological polar surface area (TPSA) is 107 Å².